The fourth-order valence-electron chi connectivity index (χ4n) is 2.99. The zero-order chi connectivity index (χ0) is 24.3. The number of nitrogens with zero attached hydrogens (tertiary/aromatic N) is 2. The lowest BCUT2D eigenvalue weighted by Crippen LogP contribution is -2.18. The van der Waals surface area contributed by atoms with Crippen LogP contribution in [0.3, 0.4) is 0 Å². The van der Waals surface area contributed by atoms with Crippen molar-refractivity contribution >= 4 is 68.7 Å². The minimum absolute atomic E-state index is 0.126. The molecule has 3 N–H and O–H groups in total. The van der Waals surface area contributed by atoms with Crippen molar-refractivity contribution < 1.29 is 14.3 Å². The lowest BCUT2D eigenvalue weighted by molar-refractivity contribution is -0.129. The SMILES string of the molecule is CC(N)=C(C(=Nc1nc(-c2ccc(Cl)cc2Cl)c(SC(C)C)s1)C(=O)O)c1cccc(F)c1. The molecule has 10 heteroatoms. The van der Waals surface area contributed by atoms with Crippen molar-refractivity contribution in [3.63, 3.8) is 0 Å². The quantitative estimate of drug-likeness (QED) is 0.250. The number of aliphatic imine (C=N–C) groups is 1. The molecule has 1 aromatic heterocycles. The Labute approximate surface area is 209 Å². The molecule has 0 bridgehead atoms. The Morgan fingerprint density at radius 3 is 2.55 bits per heavy atom. The van der Waals surface area contributed by atoms with E-state index in [0.29, 0.717) is 26.9 Å². The van der Waals surface area contributed by atoms with E-state index in [4.69, 9.17) is 28.9 Å². The van der Waals surface area contributed by atoms with Gasteiger partial charge in [-0.3, -0.25) is 0 Å². The normalized spacial score (nSPS) is 12.8. The summed E-state index contributed by atoms with van der Waals surface area (Å²) in [6.45, 7) is 5.61. The first-order valence-corrected chi connectivity index (χ1v) is 12.2. The number of aromatic nitrogens is 1. The van der Waals surface area contributed by atoms with Gasteiger partial charge in [0.1, 0.15) is 5.82 Å². The van der Waals surface area contributed by atoms with Crippen LogP contribution in [-0.4, -0.2) is 27.0 Å². The third-order valence-corrected chi connectivity index (χ3v) is 6.98. The standard InChI is InChI=1S/C23H20Cl2FN3O2S2/c1-11(2)32-22-19(16-8-7-14(24)10-17(16)25)28-23(33-22)29-20(21(30)31)18(12(3)27)13-5-4-6-15(26)9-13/h4-11H,27H2,1-3H3,(H,30,31). The summed E-state index contributed by atoms with van der Waals surface area (Å²) in [6, 6.07) is 10.6. The molecule has 0 saturated heterocycles. The Balaban J connectivity index is 2.19. The Kier molecular flexibility index (Phi) is 8.18. The molecule has 2 aromatic carbocycles. The topological polar surface area (TPSA) is 88.6 Å². The van der Waals surface area contributed by atoms with Crippen molar-refractivity contribution in [1.29, 1.82) is 0 Å². The summed E-state index contributed by atoms with van der Waals surface area (Å²) in [5.41, 5.74) is 7.55. The van der Waals surface area contributed by atoms with Crippen LogP contribution in [0.15, 0.2) is 57.4 Å². The number of carboxylic acid groups (broad SMARTS) is 1. The molecule has 172 valence electrons. The van der Waals surface area contributed by atoms with E-state index < -0.39 is 11.8 Å². The van der Waals surface area contributed by atoms with Crippen LogP contribution in [0.25, 0.3) is 16.8 Å². The predicted octanol–water partition coefficient (Wildman–Crippen LogP) is 7.30. The number of allylic oxidation sites excluding steroid dienone is 1. The molecule has 0 aliphatic heterocycles. The molecule has 3 rings (SSSR count). The second-order valence-corrected chi connectivity index (χ2v) is 10.9. The molecule has 0 fully saturated rings. The fourth-order valence-corrected chi connectivity index (χ4v) is 5.87. The number of nitrogens with two attached hydrogens (primary N) is 1. The van der Waals surface area contributed by atoms with E-state index in [0.717, 1.165) is 4.21 Å². The van der Waals surface area contributed by atoms with Gasteiger partial charge in [-0.1, -0.05) is 60.5 Å². The van der Waals surface area contributed by atoms with Crippen molar-refractivity contribution in [3.05, 3.63) is 69.6 Å². The summed E-state index contributed by atoms with van der Waals surface area (Å²) in [5, 5.41) is 11.3. The van der Waals surface area contributed by atoms with E-state index in [2.05, 4.69) is 9.98 Å². The number of carbonyl (C=O) groups is 1. The van der Waals surface area contributed by atoms with Gasteiger partial charge in [0, 0.05) is 27.1 Å². The smallest absolute Gasteiger partial charge is 0.355 e. The maximum Gasteiger partial charge on any atom is 0.355 e. The van der Waals surface area contributed by atoms with E-state index in [1.54, 1.807) is 43.0 Å². The molecule has 0 spiro atoms. The number of thiazole rings is 1. The Morgan fingerprint density at radius 1 is 1.24 bits per heavy atom. The summed E-state index contributed by atoms with van der Waals surface area (Å²) in [4.78, 5) is 21.1. The summed E-state index contributed by atoms with van der Waals surface area (Å²) in [7, 11) is 0. The predicted molar refractivity (Wildman–Crippen MR) is 136 cm³/mol. The van der Waals surface area contributed by atoms with Crippen LogP contribution in [0, 0.1) is 5.82 Å². The second kappa shape index (κ2) is 10.7. The number of hydrogen-bond donors (Lipinski definition) is 2. The van der Waals surface area contributed by atoms with E-state index >= 15 is 0 Å². The first-order chi connectivity index (χ1) is 15.6. The van der Waals surface area contributed by atoms with Crippen molar-refractivity contribution in [3.8, 4) is 11.3 Å². The third kappa shape index (κ3) is 6.14. The van der Waals surface area contributed by atoms with Gasteiger partial charge >= 0.3 is 5.97 Å². The molecule has 0 saturated carbocycles. The lowest BCUT2D eigenvalue weighted by atomic mass is 9.99. The van der Waals surface area contributed by atoms with Crippen LogP contribution in [0.4, 0.5) is 9.52 Å². The average Bonchev–Trinajstić information content (AvgIpc) is 3.08. The zero-order valence-electron chi connectivity index (χ0n) is 17.9. The average molecular weight is 524 g/mol. The Morgan fingerprint density at radius 2 is 1.97 bits per heavy atom. The van der Waals surface area contributed by atoms with Gasteiger partial charge in [-0.2, -0.15) is 0 Å². The highest BCUT2D eigenvalue weighted by Gasteiger charge is 2.23. The van der Waals surface area contributed by atoms with Crippen molar-refractivity contribution in [2.45, 2.75) is 30.2 Å². The number of carboxylic acids is 1. The molecule has 5 nitrogen and oxygen atoms in total. The first-order valence-electron chi connectivity index (χ1n) is 9.74. The number of rotatable bonds is 7. The van der Waals surface area contributed by atoms with E-state index in [1.807, 2.05) is 13.8 Å². The minimum atomic E-state index is -1.31. The summed E-state index contributed by atoms with van der Waals surface area (Å²) < 4.78 is 14.7. The number of halogens is 3. The van der Waals surface area contributed by atoms with Crippen molar-refractivity contribution in [2.24, 2.45) is 10.7 Å². The molecule has 0 aliphatic carbocycles. The molecule has 0 amide bonds. The monoisotopic (exact) mass is 523 g/mol. The van der Waals surface area contributed by atoms with Crippen LogP contribution >= 0.6 is 46.3 Å². The lowest BCUT2D eigenvalue weighted by Gasteiger charge is -2.10. The number of benzene rings is 2. The van der Waals surface area contributed by atoms with Crippen molar-refractivity contribution in [2.75, 3.05) is 0 Å². The Hall–Kier alpha value is -2.39. The van der Waals surface area contributed by atoms with Crippen LogP contribution < -0.4 is 5.73 Å². The van der Waals surface area contributed by atoms with Gasteiger partial charge in [0.2, 0.25) is 5.13 Å². The zero-order valence-corrected chi connectivity index (χ0v) is 21.0. The van der Waals surface area contributed by atoms with Gasteiger partial charge in [-0.05, 0) is 42.8 Å². The van der Waals surface area contributed by atoms with Gasteiger partial charge in [0.05, 0.1) is 14.9 Å². The van der Waals surface area contributed by atoms with Gasteiger partial charge < -0.3 is 10.8 Å². The number of thioether (sulfide) groups is 1. The molecular formula is C23H20Cl2FN3O2S2. The van der Waals surface area contributed by atoms with Crippen LogP contribution in [0.1, 0.15) is 26.3 Å². The molecule has 0 unspecified atom stereocenters. The van der Waals surface area contributed by atoms with Crippen LogP contribution in [0.2, 0.25) is 10.0 Å². The maximum absolute atomic E-state index is 13.8. The fraction of sp³-hybridized carbons (Fsp3) is 0.174. The highest BCUT2D eigenvalue weighted by Crippen LogP contribution is 2.44. The molecule has 0 radical (unpaired) electrons. The molecule has 0 aliphatic rings. The van der Waals surface area contributed by atoms with E-state index in [-0.39, 0.29) is 27.4 Å². The van der Waals surface area contributed by atoms with Gasteiger partial charge in [0.15, 0.2) is 5.71 Å². The molecule has 3 aromatic rings. The first kappa shape index (κ1) is 25.2. The minimum Gasteiger partial charge on any atom is -0.476 e. The molecule has 33 heavy (non-hydrogen) atoms. The summed E-state index contributed by atoms with van der Waals surface area (Å²) >= 11 is 15.2. The van der Waals surface area contributed by atoms with Crippen LogP contribution in [-0.2, 0) is 4.79 Å². The molecule has 1 heterocycles. The van der Waals surface area contributed by atoms with Gasteiger partial charge in [-0.15, -0.1) is 11.8 Å². The largest absolute Gasteiger partial charge is 0.476 e. The Bertz CT molecular complexity index is 1270. The van der Waals surface area contributed by atoms with Gasteiger partial charge in [0.25, 0.3) is 0 Å². The van der Waals surface area contributed by atoms with E-state index in [9.17, 15) is 14.3 Å². The van der Waals surface area contributed by atoms with Crippen molar-refractivity contribution in [1.82, 2.24) is 4.98 Å². The summed E-state index contributed by atoms with van der Waals surface area (Å²) in [6.07, 6.45) is 0. The van der Waals surface area contributed by atoms with Crippen LogP contribution in [0.5, 0.6) is 0 Å². The number of aliphatic carboxylic acids is 1. The molecular weight excluding hydrogens is 504 g/mol. The maximum atomic E-state index is 13.8. The second-order valence-electron chi connectivity index (χ2n) is 7.26. The third-order valence-electron chi connectivity index (χ3n) is 4.27. The highest BCUT2D eigenvalue weighted by atomic mass is 35.5. The number of hydrogen-bond acceptors (Lipinski definition) is 6. The summed E-state index contributed by atoms with van der Waals surface area (Å²) in [5.74, 6) is -1.82. The highest BCUT2D eigenvalue weighted by molar-refractivity contribution is 8.01. The van der Waals surface area contributed by atoms with Gasteiger partial charge in [-0.25, -0.2) is 19.2 Å². The molecule has 0 atom stereocenters. The van der Waals surface area contributed by atoms with E-state index in [1.165, 1.54) is 29.5 Å².